The summed E-state index contributed by atoms with van der Waals surface area (Å²) in [6.07, 6.45) is 0. The molecule has 0 bridgehead atoms. The molecular weight excluding hydrogens is 336 g/mol. The van der Waals surface area contributed by atoms with Crippen LogP contribution in [0, 0.1) is 6.92 Å². The number of methoxy groups -OCH3 is 1. The first kappa shape index (κ1) is 18.7. The van der Waals surface area contributed by atoms with Crippen LogP contribution in [0.3, 0.4) is 0 Å². The van der Waals surface area contributed by atoms with Crippen molar-refractivity contribution in [3.05, 3.63) is 35.5 Å². The standard InChI is InChI=1S/C16H19F2N3O4/c1-10-6-15(25-20-10)19-14(22)9-21(2)8-11-4-5-12(24-16(17)18)13(7-11)23-3/h4-7,16H,8-9H2,1-3H3,(H,19,22). The Morgan fingerprint density at radius 1 is 1.36 bits per heavy atom. The van der Waals surface area contributed by atoms with Crippen LogP contribution in [0.5, 0.6) is 11.5 Å². The number of aryl methyl sites for hydroxylation is 1. The van der Waals surface area contributed by atoms with Crippen molar-refractivity contribution < 1.29 is 27.6 Å². The lowest BCUT2D eigenvalue weighted by Gasteiger charge is -2.17. The predicted octanol–water partition coefficient (Wildman–Crippen LogP) is 2.66. The average molecular weight is 355 g/mol. The van der Waals surface area contributed by atoms with E-state index < -0.39 is 6.61 Å². The fraction of sp³-hybridized carbons (Fsp3) is 0.375. The minimum atomic E-state index is -2.93. The van der Waals surface area contributed by atoms with Gasteiger partial charge in [0.1, 0.15) is 0 Å². The van der Waals surface area contributed by atoms with E-state index >= 15 is 0 Å². The summed E-state index contributed by atoms with van der Waals surface area (Å²) in [5, 5.41) is 6.28. The first-order chi connectivity index (χ1) is 11.9. The lowest BCUT2D eigenvalue weighted by Crippen LogP contribution is -2.29. The molecule has 25 heavy (non-hydrogen) atoms. The summed E-state index contributed by atoms with van der Waals surface area (Å²) in [7, 11) is 3.12. The normalized spacial score (nSPS) is 11.0. The van der Waals surface area contributed by atoms with Crippen molar-refractivity contribution in [3.8, 4) is 11.5 Å². The first-order valence-corrected chi connectivity index (χ1v) is 7.41. The van der Waals surface area contributed by atoms with Crippen molar-refractivity contribution in [2.24, 2.45) is 0 Å². The molecule has 0 saturated heterocycles. The summed E-state index contributed by atoms with van der Waals surface area (Å²) >= 11 is 0. The van der Waals surface area contributed by atoms with Gasteiger partial charge in [0.05, 0.1) is 19.3 Å². The van der Waals surface area contributed by atoms with Gasteiger partial charge in [-0.25, -0.2) is 0 Å². The second-order valence-corrected chi connectivity index (χ2v) is 5.42. The van der Waals surface area contributed by atoms with Crippen LogP contribution in [0.25, 0.3) is 0 Å². The highest BCUT2D eigenvalue weighted by Crippen LogP contribution is 2.29. The molecule has 0 aliphatic carbocycles. The zero-order valence-corrected chi connectivity index (χ0v) is 14.1. The Labute approximate surface area is 143 Å². The number of amides is 1. The molecule has 2 rings (SSSR count). The first-order valence-electron chi connectivity index (χ1n) is 7.41. The topological polar surface area (TPSA) is 76.8 Å². The van der Waals surface area contributed by atoms with Crippen LogP contribution in [0.15, 0.2) is 28.8 Å². The number of ether oxygens (including phenoxy) is 2. The Morgan fingerprint density at radius 3 is 2.72 bits per heavy atom. The zero-order chi connectivity index (χ0) is 18.4. The van der Waals surface area contributed by atoms with Crippen LogP contribution < -0.4 is 14.8 Å². The highest BCUT2D eigenvalue weighted by atomic mass is 19.3. The van der Waals surface area contributed by atoms with Gasteiger partial charge in [-0.15, -0.1) is 0 Å². The number of carbonyl (C=O) groups is 1. The molecule has 1 aromatic heterocycles. The number of benzene rings is 1. The van der Waals surface area contributed by atoms with Gasteiger partial charge < -0.3 is 14.0 Å². The molecule has 2 aromatic rings. The molecule has 1 aromatic carbocycles. The van der Waals surface area contributed by atoms with Gasteiger partial charge in [-0.05, 0) is 31.7 Å². The molecule has 0 spiro atoms. The van der Waals surface area contributed by atoms with Crippen LogP contribution in [0.1, 0.15) is 11.3 Å². The Morgan fingerprint density at radius 2 is 2.12 bits per heavy atom. The number of hydrogen-bond acceptors (Lipinski definition) is 6. The maximum absolute atomic E-state index is 12.3. The molecule has 0 aliphatic rings. The van der Waals surface area contributed by atoms with E-state index in [1.807, 2.05) is 0 Å². The molecule has 0 aliphatic heterocycles. The minimum Gasteiger partial charge on any atom is -0.493 e. The molecule has 0 radical (unpaired) electrons. The summed E-state index contributed by atoms with van der Waals surface area (Å²) < 4.78 is 39.0. The molecule has 1 N–H and O–H groups in total. The SMILES string of the molecule is COc1cc(CN(C)CC(=O)Nc2cc(C)no2)ccc1OC(F)F. The average Bonchev–Trinajstić information content (AvgIpc) is 2.92. The second kappa shape index (κ2) is 8.43. The fourth-order valence-electron chi connectivity index (χ4n) is 2.22. The third kappa shape index (κ3) is 5.71. The Bertz CT molecular complexity index is 721. The maximum atomic E-state index is 12.3. The van der Waals surface area contributed by atoms with Gasteiger partial charge in [-0.3, -0.25) is 15.0 Å². The summed E-state index contributed by atoms with van der Waals surface area (Å²) in [5.74, 6) is 0.185. The number of halogens is 2. The van der Waals surface area contributed by atoms with Crippen LogP contribution in [0.2, 0.25) is 0 Å². The summed E-state index contributed by atoms with van der Waals surface area (Å²) in [6.45, 7) is -0.656. The molecule has 1 amide bonds. The quantitative estimate of drug-likeness (QED) is 0.785. The highest BCUT2D eigenvalue weighted by Gasteiger charge is 2.13. The monoisotopic (exact) mass is 355 g/mol. The number of nitrogens with zero attached hydrogens (tertiary/aromatic N) is 2. The summed E-state index contributed by atoms with van der Waals surface area (Å²) in [6, 6.07) is 6.25. The number of rotatable bonds is 8. The van der Waals surface area contributed by atoms with Crippen LogP contribution in [-0.2, 0) is 11.3 Å². The molecule has 0 unspecified atom stereocenters. The van der Waals surface area contributed by atoms with E-state index in [4.69, 9.17) is 9.26 Å². The number of anilines is 1. The van der Waals surface area contributed by atoms with E-state index in [0.29, 0.717) is 12.2 Å². The van der Waals surface area contributed by atoms with Gasteiger partial charge in [0, 0.05) is 12.6 Å². The Hall–Kier alpha value is -2.68. The molecule has 1 heterocycles. The molecule has 0 fully saturated rings. The number of likely N-dealkylation sites (N-methyl/N-ethyl adjacent to an activating group) is 1. The van der Waals surface area contributed by atoms with Crippen molar-refractivity contribution >= 4 is 11.8 Å². The van der Waals surface area contributed by atoms with Crippen molar-refractivity contribution in [1.82, 2.24) is 10.1 Å². The second-order valence-electron chi connectivity index (χ2n) is 5.42. The molecule has 9 heteroatoms. The lowest BCUT2D eigenvalue weighted by atomic mass is 10.2. The third-order valence-corrected chi connectivity index (χ3v) is 3.20. The van der Waals surface area contributed by atoms with E-state index in [0.717, 1.165) is 5.56 Å². The number of aromatic nitrogens is 1. The van der Waals surface area contributed by atoms with E-state index in [2.05, 4.69) is 15.2 Å². The smallest absolute Gasteiger partial charge is 0.387 e. The third-order valence-electron chi connectivity index (χ3n) is 3.20. The van der Waals surface area contributed by atoms with E-state index in [1.54, 1.807) is 37.1 Å². The van der Waals surface area contributed by atoms with Gasteiger partial charge in [0.15, 0.2) is 11.5 Å². The van der Waals surface area contributed by atoms with Gasteiger partial charge in [0.25, 0.3) is 0 Å². The van der Waals surface area contributed by atoms with Crippen molar-refractivity contribution in [1.29, 1.82) is 0 Å². The Balaban J connectivity index is 1.93. The largest absolute Gasteiger partial charge is 0.493 e. The van der Waals surface area contributed by atoms with E-state index in [-0.39, 0.29) is 29.8 Å². The van der Waals surface area contributed by atoms with Crippen LogP contribution in [-0.4, -0.2) is 43.3 Å². The number of carbonyl (C=O) groups excluding carboxylic acids is 1. The Kier molecular flexibility index (Phi) is 6.29. The van der Waals surface area contributed by atoms with Gasteiger partial charge >= 0.3 is 6.61 Å². The molecule has 136 valence electrons. The van der Waals surface area contributed by atoms with Crippen molar-refractivity contribution in [3.63, 3.8) is 0 Å². The molecular formula is C16H19F2N3O4. The highest BCUT2D eigenvalue weighted by molar-refractivity contribution is 5.90. The number of nitrogens with one attached hydrogen (secondary N) is 1. The van der Waals surface area contributed by atoms with Crippen molar-refractivity contribution in [2.75, 3.05) is 26.0 Å². The van der Waals surface area contributed by atoms with Gasteiger partial charge in [-0.2, -0.15) is 8.78 Å². The predicted molar refractivity (Wildman–Crippen MR) is 85.8 cm³/mol. The number of alkyl halides is 2. The maximum Gasteiger partial charge on any atom is 0.387 e. The minimum absolute atomic E-state index is 0.0395. The molecule has 0 atom stereocenters. The lowest BCUT2D eigenvalue weighted by molar-refractivity contribution is -0.117. The zero-order valence-electron chi connectivity index (χ0n) is 14.1. The van der Waals surface area contributed by atoms with Gasteiger partial charge in [-0.1, -0.05) is 11.2 Å². The molecule has 0 saturated carbocycles. The van der Waals surface area contributed by atoms with E-state index in [1.165, 1.54) is 13.2 Å². The van der Waals surface area contributed by atoms with Gasteiger partial charge in [0.2, 0.25) is 11.8 Å². The summed E-state index contributed by atoms with van der Waals surface area (Å²) in [4.78, 5) is 13.7. The van der Waals surface area contributed by atoms with Crippen LogP contribution >= 0.6 is 0 Å². The fourth-order valence-corrected chi connectivity index (χ4v) is 2.22. The van der Waals surface area contributed by atoms with E-state index in [9.17, 15) is 13.6 Å². The molecule has 7 nitrogen and oxygen atoms in total. The summed E-state index contributed by atoms with van der Waals surface area (Å²) in [5.41, 5.74) is 1.45. The van der Waals surface area contributed by atoms with Crippen LogP contribution in [0.4, 0.5) is 14.7 Å². The number of hydrogen-bond donors (Lipinski definition) is 1. The van der Waals surface area contributed by atoms with Crippen molar-refractivity contribution in [2.45, 2.75) is 20.1 Å².